The SMILES string of the molecule is Cc1ccc(-c2csc(NC(=O)CCNC(=O)c3ccco3)n2)cc1C. The number of carbonyl (C=O) groups is 2. The van der Waals surface area contributed by atoms with Crippen molar-refractivity contribution in [2.24, 2.45) is 0 Å². The Balaban J connectivity index is 1.51. The van der Waals surface area contributed by atoms with Crippen LogP contribution < -0.4 is 10.6 Å². The Morgan fingerprint density at radius 1 is 1.19 bits per heavy atom. The fourth-order valence-corrected chi connectivity index (χ4v) is 3.07. The summed E-state index contributed by atoms with van der Waals surface area (Å²) in [6.45, 7) is 4.35. The van der Waals surface area contributed by atoms with Crippen molar-refractivity contribution in [2.45, 2.75) is 20.3 Å². The van der Waals surface area contributed by atoms with Crippen LogP contribution in [0.4, 0.5) is 5.13 Å². The Morgan fingerprint density at radius 3 is 2.77 bits per heavy atom. The highest BCUT2D eigenvalue weighted by Gasteiger charge is 2.11. The zero-order chi connectivity index (χ0) is 18.5. The van der Waals surface area contributed by atoms with Gasteiger partial charge in [-0.05, 0) is 43.2 Å². The van der Waals surface area contributed by atoms with Gasteiger partial charge in [-0.3, -0.25) is 9.59 Å². The van der Waals surface area contributed by atoms with Gasteiger partial charge in [0.25, 0.3) is 5.91 Å². The van der Waals surface area contributed by atoms with Gasteiger partial charge in [0.05, 0.1) is 12.0 Å². The molecule has 26 heavy (non-hydrogen) atoms. The summed E-state index contributed by atoms with van der Waals surface area (Å²) >= 11 is 1.38. The first-order chi connectivity index (χ1) is 12.5. The third kappa shape index (κ3) is 4.37. The van der Waals surface area contributed by atoms with Crippen LogP contribution in [0.3, 0.4) is 0 Å². The quantitative estimate of drug-likeness (QED) is 0.692. The van der Waals surface area contributed by atoms with Crippen molar-refractivity contribution >= 4 is 28.3 Å². The number of furan rings is 1. The fraction of sp³-hybridized carbons (Fsp3) is 0.211. The van der Waals surface area contributed by atoms with Crippen molar-refractivity contribution in [3.05, 3.63) is 58.9 Å². The molecule has 134 valence electrons. The Kier molecular flexibility index (Phi) is 5.48. The number of hydrogen-bond donors (Lipinski definition) is 2. The summed E-state index contributed by atoms with van der Waals surface area (Å²) in [6, 6.07) is 9.37. The van der Waals surface area contributed by atoms with Gasteiger partial charge in [0.2, 0.25) is 5.91 Å². The monoisotopic (exact) mass is 369 g/mol. The number of aryl methyl sites for hydroxylation is 2. The van der Waals surface area contributed by atoms with Crippen LogP contribution in [-0.2, 0) is 4.79 Å². The summed E-state index contributed by atoms with van der Waals surface area (Å²) < 4.78 is 4.99. The molecule has 0 atom stereocenters. The highest BCUT2D eigenvalue weighted by Crippen LogP contribution is 2.26. The summed E-state index contributed by atoms with van der Waals surface area (Å²) in [4.78, 5) is 28.2. The minimum Gasteiger partial charge on any atom is -0.459 e. The van der Waals surface area contributed by atoms with Crippen LogP contribution in [0.2, 0.25) is 0 Å². The van der Waals surface area contributed by atoms with Gasteiger partial charge in [0.1, 0.15) is 0 Å². The molecule has 0 fully saturated rings. The number of anilines is 1. The molecule has 0 saturated carbocycles. The van der Waals surface area contributed by atoms with E-state index in [2.05, 4.69) is 41.6 Å². The molecule has 2 amide bonds. The summed E-state index contributed by atoms with van der Waals surface area (Å²) in [6.07, 6.45) is 1.59. The number of benzene rings is 1. The van der Waals surface area contributed by atoms with Crippen LogP contribution in [0.1, 0.15) is 28.1 Å². The van der Waals surface area contributed by atoms with E-state index >= 15 is 0 Å². The maximum Gasteiger partial charge on any atom is 0.286 e. The molecule has 0 aliphatic heterocycles. The molecule has 2 aromatic heterocycles. The normalized spacial score (nSPS) is 10.5. The highest BCUT2D eigenvalue weighted by molar-refractivity contribution is 7.14. The average molecular weight is 369 g/mol. The number of nitrogens with zero attached hydrogens (tertiary/aromatic N) is 1. The zero-order valence-corrected chi connectivity index (χ0v) is 15.4. The van der Waals surface area contributed by atoms with Crippen molar-refractivity contribution in [3.63, 3.8) is 0 Å². The molecule has 0 radical (unpaired) electrons. The average Bonchev–Trinajstić information content (AvgIpc) is 3.29. The molecule has 0 aliphatic rings. The number of thiazole rings is 1. The minimum absolute atomic E-state index is 0.158. The van der Waals surface area contributed by atoms with Crippen LogP contribution >= 0.6 is 11.3 Å². The second kappa shape index (κ2) is 7.97. The maximum absolute atomic E-state index is 12.0. The molecule has 2 N–H and O–H groups in total. The van der Waals surface area contributed by atoms with Crippen molar-refractivity contribution in [1.29, 1.82) is 0 Å². The molecule has 0 saturated heterocycles. The van der Waals surface area contributed by atoms with E-state index in [4.69, 9.17) is 4.42 Å². The van der Waals surface area contributed by atoms with E-state index in [1.165, 1.54) is 28.7 Å². The van der Waals surface area contributed by atoms with Crippen LogP contribution in [0, 0.1) is 13.8 Å². The van der Waals surface area contributed by atoms with Crippen LogP contribution in [0.25, 0.3) is 11.3 Å². The minimum atomic E-state index is -0.339. The van der Waals surface area contributed by atoms with Crippen LogP contribution in [-0.4, -0.2) is 23.3 Å². The smallest absolute Gasteiger partial charge is 0.286 e. The standard InChI is InChI=1S/C19H19N3O3S/c1-12-5-6-14(10-13(12)2)15-11-26-19(21-15)22-17(23)7-8-20-18(24)16-4-3-9-25-16/h3-6,9-11H,7-8H2,1-2H3,(H,20,24)(H,21,22,23). The van der Waals surface area contributed by atoms with E-state index in [9.17, 15) is 9.59 Å². The first kappa shape index (κ1) is 17.9. The number of carbonyl (C=O) groups excluding carboxylic acids is 2. The van der Waals surface area contributed by atoms with E-state index < -0.39 is 0 Å². The molecule has 3 rings (SSSR count). The first-order valence-electron chi connectivity index (χ1n) is 8.17. The van der Waals surface area contributed by atoms with E-state index in [0.29, 0.717) is 5.13 Å². The number of aromatic nitrogens is 1. The van der Waals surface area contributed by atoms with Gasteiger partial charge in [0.15, 0.2) is 10.9 Å². The van der Waals surface area contributed by atoms with Gasteiger partial charge < -0.3 is 15.1 Å². The number of amides is 2. The third-order valence-electron chi connectivity index (χ3n) is 3.94. The molecule has 6 nitrogen and oxygen atoms in total. The van der Waals surface area contributed by atoms with Gasteiger partial charge >= 0.3 is 0 Å². The topological polar surface area (TPSA) is 84.2 Å². The summed E-state index contributed by atoms with van der Waals surface area (Å²) in [5.74, 6) is -0.317. The molecule has 3 aromatic rings. The lowest BCUT2D eigenvalue weighted by atomic mass is 10.1. The summed E-state index contributed by atoms with van der Waals surface area (Å²) in [7, 11) is 0. The molecule has 0 aliphatic carbocycles. The molecule has 7 heteroatoms. The first-order valence-corrected chi connectivity index (χ1v) is 9.05. The van der Waals surface area contributed by atoms with Crippen LogP contribution in [0.15, 0.2) is 46.4 Å². The number of hydrogen-bond acceptors (Lipinski definition) is 5. The number of rotatable bonds is 6. The largest absolute Gasteiger partial charge is 0.459 e. The van der Waals surface area contributed by atoms with Gasteiger partial charge in [-0.15, -0.1) is 11.3 Å². The lowest BCUT2D eigenvalue weighted by Crippen LogP contribution is -2.27. The lowest BCUT2D eigenvalue weighted by Gasteiger charge is -2.04. The highest BCUT2D eigenvalue weighted by atomic mass is 32.1. The predicted octanol–water partition coefficient (Wildman–Crippen LogP) is 3.78. The maximum atomic E-state index is 12.0. The van der Waals surface area contributed by atoms with Gasteiger partial charge in [0, 0.05) is 23.9 Å². The zero-order valence-electron chi connectivity index (χ0n) is 14.5. The van der Waals surface area contributed by atoms with Crippen molar-refractivity contribution in [3.8, 4) is 11.3 Å². The molecule has 0 spiro atoms. The van der Waals surface area contributed by atoms with Gasteiger partial charge in [-0.1, -0.05) is 12.1 Å². The van der Waals surface area contributed by atoms with E-state index in [-0.39, 0.29) is 30.5 Å². The summed E-state index contributed by atoms with van der Waals surface area (Å²) in [5.41, 5.74) is 4.29. The molecule has 0 bridgehead atoms. The second-order valence-corrected chi connectivity index (χ2v) is 6.73. The lowest BCUT2D eigenvalue weighted by molar-refractivity contribution is -0.116. The summed E-state index contributed by atoms with van der Waals surface area (Å²) in [5, 5.41) is 7.85. The van der Waals surface area contributed by atoms with Crippen molar-refractivity contribution in [2.75, 3.05) is 11.9 Å². The molecule has 2 heterocycles. The molecule has 0 unspecified atom stereocenters. The Hall–Kier alpha value is -2.93. The Labute approximate surface area is 155 Å². The number of nitrogens with one attached hydrogen (secondary N) is 2. The van der Waals surface area contributed by atoms with Gasteiger partial charge in [-0.2, -0.15) is 0 Å². The van der Waals surface area contributed by atoms with E-state index in [1.807, 2.05) is 11.4 Å². The van der Waals surface area contributed by atoms with E-state index in [1.54, 1.807) is 12.1 Å². The van der Waals surface area contributed by atoms with Crippen molar-refractivity contribution < 1.29 is 14.0 Å². The van der Waals surface area contributed by atoms with Crippen molar-refractivity contribution in [1.82, 2.24) is 10.3 Å². The van der Waals surface area contributed by atoms with Crippen LogP contribution in [0.5, 0.6) is 0 Å². The Bertz CT molecular complexity index is 916. The fourth-order valence-electron chi connectivity index (χ4n) is 2.33. The Morgan fingerprint density at radius 2 is 2.04 bits per heavy atom. The van der Waals surface area contributed by atoms with E-state index in [0.717, 1.165) is 11.3 Å². The molecule has 1 aromatic carbocycles. The second-order valence-electron chi connectivity index (χ2n) is 5.87. The predicted molar refractivity (Wildman–Crippen MR) is 101 cm³/mol. The van der Waals surface area contributed by atoms with Gasteiger partial charge in [-0.25, -0.2) is 4.98 Å². The third-order valence-corrected chi connectivity index (χ3v) is 4.69. The molecular formula is C19H19N3O3S. The molecular weight excluding hydrogens is 350 g/mol.